The van der Waals surface area contributed by atoms with Crippen molar-refractivity contribution in [3.63, 3.8) is 0 Å². The maximum atomic E-state index is 12.1. The lowest BCUT2D eigenvalue weighted by molar-refractivity contribution is -0.410. The van der Waals surface area contributed by atoms with Crippen LogP contribution in [0.3, 0.4) is 0 Å². The van der Waals surface area contributed by atoms with Gasteiger partial charge in [-0.3, -0.25) is 4.79 Å². The number of rotatable bonds is 5. The Kier molecular flexibility index (Phi) is 6.41. The molecule has 4 atom stereocenters. The normalized spacial score (nSPS) is 32.7. The second-order valence-corrected chi connectivity index (χ2v) is 7.21. The Balaban J connectivity index is 2.10. The van der Waals surface area contributed by atoms with Gasteiger partial charge < -0.3 is 19.9 Å². The SMILES string of the molecule is CC(C)CO[C@H]1CCC[C@H]([NH3+])C(=O)O[C@@H](C)[C@@H]1OC(=O)C1CC1. The third-order valence-electron chi connectivity index (χ3n) is 4.31. The summed E-state index contributed by atoms with van der Waals surface area (Å²) in [4.78, 5) is 24.1. The van der Waals surface area contributed by atoms with Crippen LogP contribution in [0.4, 0.5) is 0 Å². The summed E-state index contributed by atoms with van der Waals surface area (Å²) >= 11 is 0. The van der Waals surface area contributed by atoms with Gasteiger partial charge in [-0.15, -0.1) is 0 Å². The van der Waals surface area contributed by atoms with E-state index in [2.05, 4.69) is 19.6 Å². The van der Waals surface area contributed by atoms with E-state index in [1.54, 1.807) is 6.92 Å². The van der Waals surface area contributed by atoms with Crippen LogP contribution in [0, 0.1) is 11.8 Å². The summed E-state index contributed by atoms with van der Waals surface area (Å²) < 4.78 is 17.2. The Hall–Kier alpha value is -1.14. The number of cyclic esters (lactones) is 1. The zero-order valence-corrected chi connectivity index (χ0v) is 14.5. The fourth-order valence-electron chi connectivity index (χ4n) is 2.71. The van der Waals surface area contributed by atoms with Crippen LogP contribution in [0.5, 0.6) is 0 Å². The van der Waals surface area contributed by atoms with Crippen LogP contribution in [0.1, 0.15) is 52.9 Å². The minimum atomic E-state index is -0.545. The van der Waals surface area contributed by atoms with Crippen LogP contribution >= 0.6 is 0 Å². The molecule has 0 aromatic carbocycles. The van der Waals surface area contributed by atoms with E-state index in [4.69, 9.17) is 14.2 Å². The van der Waals surface area contributed by atoms with Crippen molar-refractivity contribution in [1.82, 2.24) is 0 Å². The van der Waals surface area contributed by atoms with Crippen molar-refractivity contribution in [2.24, 2.45) is 11.8 Å². The van der Waals surface area contributed by atoms with Crippen molar-refractivity contribution in [3.05, 3.63) is 0 Å². The second-order valence-electron chi connectivity index (χ2n) is 7.21. The summed E-state index contributed by atoms with van der Waals surface area (Å²) in [6.45, 7) is 6.52. The molecule has 1 aliphatic carbocycles. The van der Waals surface area contributed by atoms with Crippen LogP contribution in [0.15, 0.2) is 0 Å². The summed E-state index contributed by atoms with van der Waals surface area (Å²) in [6, 6.07) is -0.374. The molecule has 0 aromatic rings. The average Bonchev–Trinajstić information content (AvgIpc) is 3.31. The Morgan fingerprint density at radius 2 is 2.00 bits per heavy atom. The van der Waals surface area contributed by atoms with Crippen molar-refractivity contribution in [3.8, 4) is 0 Å². The minimum Gasteiger partial charge on any atom is -0.455 e. The molecular weight excluding hydrogens is 298 g/mol. The van der Waals surface area contributed by atoms with E-state index >= 15 is 0 Å². The smallest absolute Gasteiger partial charge is 0.365 e. The third-order valence-corrected chi connectivity index (χ3v) is 4.31. The summed E-state index contributed by atoms with van der Waals surface area (Å²) in [5.41, 5.74) is 3.86. The van der Waals surface area contributed by atoms with Crippen molar-refractivity contribution in [2.75, 3.05) is 6.61 Å². The van der Waals surface area contributed by atoms with E-state index in [1.165, 1.54) is 0 Å². The predicted molar refractivity (Wildman–Crippen MR) is 83.3 cm³/mol. The van der Waals surface area contributed by atoms with Crippen LogP contribution in [-0.2, 0) is 23.8 Å². The molecule has 2 aliphatic rings. The molecule has 1 saturated carbocycles. The van der Waals surface area contributed by atoms with Crippen LogP contribution < -0.4 is 5.73 Å². The molecule has 0 aromatic heterocycles. The minimum absolute atomic E-state index is 0.0110. The first-order valence-corrected chi connectivity index (χ1v) is 8.74. The van der Waals surface area contributed by atoms with E-state index < -0.39 is 12.2 Å². The number of hydrogen-bond acceptors (Lipinski definition) is 5. The Morgan fingerprint density at radius 1 is 1.30 bits per heavy atom. The van der Waals surface area contributed by atoms with Gasteiger partial charge in [0.15, 0.2) is 12.1 Å². The van der Waals surface area contributed by atoms with Crippen molar-refractivity contribution < 1.29 is 29.5 Å². The molecule has 2 rings (SSSR count). The van der Waals surface area contributed by atoms with Gasteiger partial charge >= 0.3 is 11.9 Å². The van der Waals surface area contributed by atoms with E-state index in [-0.39, 0.29) is 30.0 Å². The standard InChI is InChI=1S/C17H29NO5/c1-10(2)9-21-14-6-4-5-13(18)17(20)22-11(3)15(14)23-16(19)12-7-8-12/h10-15H,4-9,18H2,1-3H3/p+1/t11-,13-,14-,15-/m0/s1. The van der Waals surface area contributed by atoms with Gasteiger partial charge in [-0.05, 0) is 38.5 Å². The first kappa shape index (κ1) is 18.2. The Labute approximate surface area is 138 Å². The Morgan fingerprint density at radius 3 is 2.61 bits per heavy atom. The Bertz CT molecular complexity index is 421. The lowest BCUT2D eigenvalue weighted by Gasteiger charge is -2.31. The molecule has 0 unspecified atom stereocenters. The molecule has 6 heteroatoms. The average molecular weight is 328 g/mol. The molecule has 0 amide bonds. The van der Waals surface area contributed by atoms with Gasteiger partial charge in [0.05, 0.1) is 12.0 Å². The number of hydrogen-bond donors (Lipinski definition) is 1. The van der Waals surface area contributed by atoms with E-state index in [1.807, 2.05) is 0 Å². The molecule has 0 spiro atoms. The van der Waals surface area contributed by atoms with Gasteiger partial charge in [0.2, 0.25) is 0 Å². The third kappa shape index (κ3) is 5.46. The highest BCUT2D eigenvalue weighted by molar-refractivity contribution is 5.75. The van der Waals surface area contributed by atoms with Crippen molar-refractivity contribution >= 4 is 11.9 Å². The highest BCUT2D eigenvalue weighted by Gasteiger charge is 2.40. The fourth-order valence-corrected chi connectivity index (χ4v) is 2.71. The molecule has 2 fully saturated rings. The monoisotopic (exact) mass is 328 g/mol. The number of carbonyl (C=O) groups is 2. The molecule has 23 heavy (non-hydrogen) atoms. The molecular formula is C17H30NO5+. The number of esters is 2. The quantitative estimate of drug-likeness (QED) is 0.763. The first-order chi connectivity index (χ1) is 10.9. The fraction of sp³-hybridized carbons (Fsp3) is 0.882. The molecule has 3 N–H and O–H groups in total. The number of quaternary nitrogens is 1. The van der Waals surface area contributed by atoms with Gasteiger partial charge in [-0.1, -0.05) is 13.8 Å². The zero-order chi connectivity index (χ0) is 17.0. The highest BCUT2D eigenvalue weighted by Crippen LogP contribution is 2.32. The van der Waals surface area contributed by atoms with Crippen molar-refractivity contribution in [1.29, 1.82) is 0 Å². The van der Waals surface area contributed by atoms with Gasteiger partial charge in [0.1, 0.15) is 6.10 Å². The maximum Gasteiger partial charge on any atom is 0.365 e. The zero-order valence-electron chi connectivity index (χ0n) is 14.5. The maximum absolute atomic E-state index is 12.1. The van der Waals surface area contributed by atoms with Gasteiger partial charge in [-0.25, -0.2) is 4.79 Å². The summed E-state index contributed by atoms with van der Waals surface area (Å²) in [7, 11) is 0. The molecule has 132 valence electrons. The molecule has 1 aliphatic heterocycles. The molecule has 0 radical (unpaired) electrons. The number of ether oxygens (including phenoxy) is 3. The predicted octanol–water partition coefficient (Wildman–Crippen LogP) is 1.08. The molecule has 0 bridgehead atoms. The summed E-state index contributed by atoms with van der Waals surface area (Å²) in [5.74, 6) is -0.117. The highest BCUT2D eigenvalue weighted by atomic mass is 16.6. The largest absolute Gasteiger partial charge is 0.455 e. The van der Waals surface area contributed by atoms with Crippen molar-refractivity contribution in [2.45, 2.75) is 77.2 Å². The lowest BCUT2D eigenvalue weighted by Crippen LogP contribution is -2.65. The summed E-state index contributed by atoms with van der Waals surface area (Å²) in [5, 5.41) is 0. The van der Waals surface area contributed by atoms with Crippen LogP contribution in [0.25, 0.3) is 0 Å². The molecule has 1 saturated heterocycles. The van der Waals surface area contributed by atoms with E-state index in [0.717, 1.165) is 25.7 Å². The summed E-state index contributed by atoms with van der Waals surface area (Å²) in [6.07, 6.45) is 2.67. The van der Waals surface area contributed by atoms with E-state index in [9.17, 15) is 9.59 Å². The lowest BCUT2D eigenvalue weighted by atomic mass is 10.0. The van der Waals surface area contributed by atoms with Crippen LogP contribution in [0.2, 0.25) is 0 Å². The first-order valence-electron chi connectivity index (χ1n) is 8.74. The second kappa shape index (κ2) is 8.11. The van der Waals surface area contributed by atoms with Crippen LogP contribution in [-0.4, -0.2) is 42.9 Å². The number of carbonyl (C=O) groups excluding carboxylic acids is 2. The van der Waals surface area contributed by atoms with Gasteiger partial charge in [0, 0.05) is 13.0 Å². The van der Waals surface area contributed by atoms with E-state index in [0.29, 0.717) is 18.9 Å². The molecule has 6 nitrogen and oxygen atoms in total. The topological polar surface area (TPSA) is 89.5 Å². The molecule has 1 heterocycles. The van der Waals surface area contributed by atoms with Gasteiger partial charge in [-0.2, -0.15) is 0 Å². The van der Waals surface area contributed by atoms with Gasteiger partial charge in [0.25, 0.3) is 0 Å².